The number of likely N-dealkylation sites (tertiary alicyclic amines) is 1. The number of nitrogens with zero attached hydrogens (tertiary/aromatic N) is 2. The van der Waals surface area contributed by atoms with E-state index in [1.54, 1.807) is 7.11 Å². The van der Waals surface area contributed by atoms with Crippen molar-refractivity contribution in [2.24, 2.45) is 0 Å². The number of aliphatic hydroxyl groups is 1. The number of carbonyl (C=O) groups is 3. The Morgan fingerprint density at radius 2 is 1.66 bits per heavy atom. The van der Waals surface area contributed by atoms with Crippen LogP contribution < -0.4 is 9.64 Å². The summed E-state index contributed by atoms with van der Waals surface area (Å²) >= 11 is 3.48. The lowest BCUT2D eigenvalue weighted by Gasteiger charge is -2.38. The van der Waals surface area contributed by atoms with Crippen molar-refractivity contribution in [3.05, 3.63) is 94.5 Å². The number of rotatable bonds is 10. The fraction of sp³-hybridized carbons (Fsp3) is 0.323. The minimum absolute atomic E-state index is 0.0342. The maximum Gasteiger partial charge on any atom is 0.328 e. The molecule has 0 spiro atoms. The highest BCUT2D eigenvalue weighted by molar-refractivity contribution is 9.10. The van der Waals surface area contributed by atoms with Crippen molar-refractivity contribution < 1.29 is 33.7 Å². The average Bonchev–Trinajstić information content (AvgIpc) is 3.40. The fourth-order valence-electron chi connectivity index (χ4n) is 5.12. The molecule has 1 heterocycles. The molecule has 0 unspecified atom stereocenters. The van der Waals surface area contributed by atoms with Crippen molar-refractivity contribution in [2.45, 2.75) is 44.2 Å². The Morgan fingerprint density at radius 1 is 1.00 bits per heavy atom. The molecule has 41 heavy (non-hydrogen) atoms. The molecule has 0 saturated carbocycles. The van der Waals surface area contributed by atoms with E-state index in [0.717, 1.165) is 15.7 Å². The third-order valence-corrected chi connectivity index (χ3v) is 7.58. The Balaban J connectivity index is 1.75. The number of carbonyl (C=O) groups excluding carboxylic acids is 3. The SMILES string of the molecule is COC(=O)[C@@H]1C[C@H](OC(C)=O)CN1C(=O)[C@H](O)[C@@H](c1ccccc1)N(Cc1ccc(OC)cc1)c1ccc(Br)cc1. The van der Waals surface area contributed by atoms with Gasteiger partial charge in [0, 0.05) is 30.0 Å². The van der Waals surface area contributed by atoms with Gasteiger partial charge in [0.2, 0.25) is 0 Å². The maximum absolute atomic E-state index is 14.0. The van der Waals surface area contributed by atoms with Gasteiger partial charge in [-0.2, -0.15) is 0 Å². The monoisotopic (exact) mass is 624 g/mol. The molecule has 4 atom stereocenters. The number of halogens is 1. The zero-order chi connectivity index (χ0) is 29.5. The van der Waals surface area contributed by atoms with Crippen LogP contribution >= 0.6 is 15.9 Å². The molecular weight excluding hydrogens is 592 g/mol. The molecule has 1 saturated heterocycles. The van der Waals surface area contributed by atoms with Gasteiger partial charge in [-0.15, -0.1) is 0 Å². The zero-order valence-electron chi connectivity index (χ0n) is 23.1. The minimum atomic E-state index is -1.58. The van der Waals surface area contributed by atoms with Gasteiger partial charge in [0.25, 0.3) is 5.91 Å². The number of ether oxygens (including phenoxy) is 3. The average molecular weight is 626 g/mol. The van der Waals surface area contributed by atoms with Crippen molar-refractivity contribution >= 4 is 39.5 Å². The van der Waals surface area contributed by atoms with Crippen LogP contribution in [0.4, 0.5) is 5.69 Å². The topological polar surface area (TPSA) is 106 Å². The fourth-order valence-corrected chi connectivity index (χ4v) is 5.38. The Kier molecular flexibility index (Phi) is 10.0. The Labute approximate surface area is 247 Å². The van der Waals surface area contributed by atoms with Gasteiger partial charge < -0.3 is 29.1 Å². The molecule has 0 bridgehead atoms. The third-order valence-electron chi connectivity index (χ3n) is 7.05. The molecule has 3 aromatic rings. The largest absolute Gasteiger partial charge is 0.497 e. The van der Waals surface area contributed by atoms with Crippen LogP contribution in [0.2, 0.25) is 0 Å². The summed E-state index contributed by atoms with van der Waals surface area (Å²) in [6, 6.07) is 22.6. The number of anilines is 1. The zero-order valence-corrected chi connectivity index (χ0v) is 24.7. The van der Waals surface area contributed by atoms with Crippen molar-refractivity contribution in [3.63, 3.8) is 0 Å². The van der Waals surface area contributed by atoms with E-state index in [1.165, 1.54) is 18.9 Å². The summed E-state index contributed by atoms with van der Waals surface area (Å²) in [7, 11) is 2.83. The van der Waals surface area contributed by atoms with Gasteiger partial charge in [0.1, 0.15) is 17.9 Å². The lowest BCUT2D eigenvalue weighted by Crippen LogP contribution is -2.50. The van der Waals surface area contributed by atoms with Crippen LogP contribution in [0, 0.1) is 0 Å². The van der Waals surface area contributed by atoms with E-state index in [4.69, 9.17) is 14.2 Å². The first-order valence-electron chi connectivity index (χ1n) is 13.2. The molecule has 0 aromatic heterocycles. The van der Waals surface area contributed by atoms with Crippen molar-refractivity contribution in [1.82, 2.24) is 4.90 Å². The van der Waals surface area contributed by atoms with E-state index in [-0.39, 0.29) is 13.0 Å². The van der Waals surface area contributed by atoms with Gasteiger partial charge in [0.05, 0.1) is 26.8 Å². The highest BCUT2D eigenvalue weighted by Gasteiger charge is 2.46. The molecule has 1 amide bonds. The van der Waals surface area contributed by atoms with Crippen LogP contribution in [-0.4, -0.2) is 66.9 Å². The van der Waals surface area contributed by atoms with Crippen molar-refractivity contribution in [3.8, 4) is 5.75 Å². The number of methoxy groups -OCH3 is 2. The van der Waals surface area contributed by atoms with Gasteiger partial charge in [0.15, 0.2) is 6.10 Å². The lowest BCUT2D eigenvalue weighted by molar-refractivity contribution is -0.154. The number of hydrogen-bond acceptors (Lipinski definition) is 8. The Bertz CT molecular complexity index is 1330. The van der Waals surface area contributed by atoms with Gasteiger partial charge in [-0.3, -0.25) is 9.59 Å². The van der Waals surface area contributed by atoms with E-state index in [1.807, 2.05) is 83.8 Å². The summed E-state index contributed by atoms with van der Waals surface area (Å²) in [4.78, 5) is 41.5. The lowest BCUT2D eigenvalue weighted by atomic mass is 9.96. The number of esters is 2. The predicted molar refractivity (Wildman–Crippen MR) is 156 cm³/mol. The second-order valence-corrected chi connectivity index (χ2v) is 10.7. The number of amides is 1. The van der Waals surface area contributed by atoms with Gasteiger partial charge in [-0.05, 0) is 47.5 Å². The first kappa shape index (κ1) is 30.1. The first-order valence-corrected chi connectivity index (χ1v) is 13.9. The molecule has 4 rings (SSSR count). The molecule has 0 radical (unpaired) electrons. The van der Waals surface area contributed by atoms with Crippen LogP contribution in [0.3, 0.4) is 0 Å². The van der Waals surface area contributed by atoms with Gasteiger partial charge in [-0.25, -0.2) is 4.79 Å². The summed E-state index contributed by atoms with van der Waals surface area (Å²) in [6.07, 6.45) is -2.18. The normalized spacial score (nSPS) is 17.8. The molecule has 1 aliphatic rings. The molecule has 1 N–H and O–H groups in total. The second-order valence-electron chi connectivity index (χ2n) is 9.75. The number of aliphatic hydroxyl groups excluding tert-OH is 1. The number of benzene rings is 3. The smallest absolute Gasteiger partial charge is 0.328 e. The summed E-state index contributed by atoms with van der Waals surface area (Å²) in [5.41, 5.74) is 2.40. The minimum Gasteiger partial charge on any atom is -0.497 e. The molecule has 216 valence electrons. The van der Waals surface area contributed by atoms with E-state index in [2.05, 4.69) is 15.9 Å². The molecular formula is C31H33BrN2O7. The van der Waals surface area contributed by atoms with E-state index in [9.17, 15) is 19.5 Å². The molecule has 0 aliphatic carbocycles. The van der Waals surface area contributed by atoms with Crippen LogP contribution in [-0.2, 0) is 30.4 Å². The predicted octanol–water partition coefficient (Wildman–Crippen LogP) is 4.27. The second kappa shape index (κ2) is 13.6. The first-order chi connectivity index (χ1) is 19.7. The summed E-state index contributed by atoms with van der Waals surface area (Å²) in [6.45, 7) is 1.59. The Hall–Kier alpha value is -3.89. The van der Waals surface area contributed by atoms with Crippen molar-refractivity contribution in [2.75, 3.05) is 25.7 Å². The Morgan fingerprint density at radius 3 is 2.24 bits per heavy atom. The van der Waals surface area contributed by atoms with E-state index < -0.39 is 42.1 Å². The van der Waals surface area contributed by atoms with Crippen LogP contribution in [0.5, 0.6) is 5.75 Å². The quantitative estimate of drug-likeness (QED) is 0.333. The molecule has 1 fully saturated rings. The molecule has 9 nitrogen and oxygen atoms in total. The van der Waals surface area contributed by atoms with Crippen LogP contribution in [0.1, 0.15) is 30.5 Å². The highest BCUT2D eigenvalue weighted by atomic mass is 79.9. The van der Waals surface area contributed by atoms with Crippen LogP contribution in [0.15, 0.2) is 83.3 Å². The summed E-state index contributed by atoms with van der Waals surface area (Å²) < 4.78 is 16.4. The summed E-state index contributed by atoms with van der Waals surface area (Å²) in [5.74, 6) is -1.11. The standard InChI is InChI=1S/C31H33BrN2O7/c1-20(35)41-26-17-27(31(38)40-3)34(19-26)30(37)29(36)28(22-7-5-4-6-8-22)33(24-13-11-23(32)12-14-24)18-21-9-15-25(39-2)16-10-21/h4-16,26-29,36H,17-19H2,1-3H3/t26-,27-,28+,29+/m0/s1. The van der Waals surface area contributed by atoms with Gasteiger partial charge in [-0.1, -0.05) is 58.4 Å². The van der Waals surface area contributed by atoms with E-state index >= 15 is 0 Å². The molecule has 3 aromatic carbocycles. The highest BCUT2D eigenvalue weighted by Crippen LogP contribution is 2.35. The maximum atomic E-state index is 14.0. The summed E-state index contributed by atoms with van der Waals surface area (Å²) in [5, 5.41) is 11.9. The van der Waals surface area contributed by atoms with Gasteiger partial charge >= 0.3 is 11.9 Å². The van der Waals surface area contributed by atoms with Crippen molar-refractivity contribution in [1.29, 1.82) is 0 Å². The van der Waals surface area contributed by atoms with Crippen LogP contribution in [0.25, 0.3) is 0 Å². The molecule has 1 aliphatic heterocycles. The van der Waals surface area contributed by atoms with E-state index in [0.29, 0.717) is 17.9 Å². The number of hydrogen-bond donors (Lipinski definition) is 1. The third kappa shape index (κ3) is 7.25. The molecule has 10 heteroatoms.